The number of benzene rings is 1. The molecule has 0 saturated carbocycles. The first-order valence-corrected chi connectivity index (χ1v) is 9.03. The lowest BCUT2D eigenvalue weighted by Crippen LogP contribution is -2.05. The van der Waals surface area contributed by atoms with Gasteiger partial charge >= 0.3 is 0 Å². The van der Waals surface area contributed by atoms with E-state index in [9.17, 15) is 5.21 Å². The van der Waals surface area contributed by atoms with Crippen LogP contribution < -0.4 is 5.32 Å². The lowest BCUT2D eigenvalue weighted by atomic mass is 9.99. The number of rotatable bonds is 4. The Morgan fingerprint density at radius 1 is 1.14 bits per heavy atom. The van der Waals surface area contributed by atoms with Crippen LogP contribution in [-0.2, 0) is 0 Å². The second-order valence-electron chi connectivity index (χ2n) is 6.61. The van der Waals surface area contributed by atoms with Crippen LogP contribution in [-0.4, -0.2) is 21.8 Å². The number of hydroxylamine groups is 2. The molecule has 0 aliphatic carbocycles. The SMILES string of the molecule is Cc1cc(C#N)ccc1-c1ccnc(NCC2=CC(=C3C=CN(O)C=C3)N=N2)c1. The van der Waals surface area contributed by atoms with E-state index < -0.39 is 0 Å². The van der Waals surface area contributed by atoms with Gasteiger partial charge < -0.3 is 5.32 Å². The lowest BCUT2D eigenvalue weighted by molar-refractivity contribution is 0.0105. The molecule has 29 heavy (non-hydrogen) atoms. The maximum absolute atomic E-state index is 9.32. The number of allylic oxidation sites excluding steroid dienone is 4. The highest BCUT2D eigenvalue weighted by molar-refractivity contribution is 5.70. The summed E-state index contributed by atoms with van der Waals surface area (Å²) in [4.78, 5) is 4.38. The number of aromatic nitrogens is 1. The Bertz CT molecular complexity index is 1130. The average Bonchev–Trinajstić information content (AvgIpc) is 3.22. The molecule has 2 aliphatic rings. The molecule has 0 saturated heterocycles. The van der Waals surface area contributed by atoms with Gasteiger partial charge in [0.2, 0.25) is 0 Å². The van der Waals surface area contributed by atoms with Gasteiger partial charge in [0, 0.05) is 24.2 Å². The zero-order valence-electron chi connectivity index (χ0n) is 15.7. The van der Waals surface area contributed by atoms with Crippen LogP contribution in [0.3, 0.4) is 0 Å². The van der Waals surface area contributed by atoms with Crippen molar-refractivity contribution >= 4 is 5.82 Å². The van der Waals surface area contributed by atoms with E-state index >= 15 is 0 Å². The number of nitrogens with one attached hydrogen (secondary N) is 1. The van der Waals surface area contributed by atoms with E-state index in [1.54, 1.807) is 30.7 Å². The van der Waals surface area contributed by atoms with Crippen LogP contribution in [0.1, 0.15) is 11.1 Å². The number of azo groups is 1. The molecule has 0 spiro atoms. The smallest absolute Gasteiger partial charge is 0.126 e. The fourth-order valence-corrected chi connectivity index (χ4v) is 3.08. The maximum Gasteiger partial charge on any atom is 0.126 e. The molecule has 142 valence electrons. The van der Waals surface area contributed by atoms with Gasteiger partial charge in [0.1, 0.15) is 5.82 Å². The second-order valence-corrected chi connectivity index (χ2v) is 6.61. The Morgan fingerprint density at radius 3 is 2.72 bits per heavy atom. The third kappa shape index (κ3) is 4.13. The summed E-state index contributed by atoms with van der Waals surface area (Å²) in [6.07, 6.45) is 10.3. The summed E-state index contributed by atoms with van der Waals surface area (Å²) in [5.41, 5.74) is 6.21. The molecule has 2 N–H and O–H groups in total. The number of aryl methyl sites for hydroxylation is 1. The van der Waals surface area contributed by atoms with Gasteiger partial charge in [-0.2, -0.15) is 15.5 Å². The molecule has 0 bridgehead atoms. The Kier molecular flexibility index (Phi) is 5.01. The molecule has 4 rings (SSSR count). The Hall–Kier alpha value is -4.02. The number of pyridine rings is 1. The summed E-state index contributed by atoms with van der Waals surface area (Å²) < 4.78 is 0. The molecule has 0 amide bonds. The molecule has 0 fully saturated rings. The zero-order valence-corrected chi connectivity index (χ0v) is 15.7. The molecule has 0 atom stereocenters. The average molecular weight is 382 g/mol. The van der Waals surface area contributed by atoms with Crippen molar-refractivity contribution in [1.29, 1.82) is 5.26 Å². The number of nitriles is 1. The molecule has 3 heterocycles. The molecule has 2 aromatic rings. The van der Waals surface area contributed by atoms with Gasteiger partial charge in [-0.3, -0.25) is 5.21 Å². The molecule has 1 aromatic carbocycles. The monoisotopic (exact) mass is 382 g/mol. The molecule has 0 unspecified atom stereocenters. The summed E-state index contributed by atoms with van der Waals surface area (Å²) in [5.74, 6) is 0.733. The van der Waals surface area contributed by atoms with Gasteiger partial charge in [0.05, 0.1) is 29.6 Å². The second kappa shape index (κ2) is 7.92. The topological polar surface area (TPSA) is 96.9 Å². The van der Waals surface area contributed by atoms with Gasteiger partial charge in [-0.25, -0.2) is 10.0 Å². The Labute approximate surface area is 168 Å². The van der Waals surface area contributed by atoms with Gasteiger partial charge in [-0.1, -0.05) is 6.07 Å². The normalized spacial score (nSPS) is 14.9. The molecule has 0 radical (unpaired) electrons. The fraction of sp³-hybridized carbons (Fsp3) is 0.0909. The molecule has 1 aromatic heterocycles. The first kappa shape index (κ1) is 18.3. The first-order chi connectivity index (χ1) is 14.1. The predicted octanol–water partition coefficient (Wildman–Crippen LogP) is 4.68. The van der Waals surface area contributed by atoms with Crippen LogP contribution >= 0.6 is 0 Å². The number of hydrogen-bond donors (Lipinski definition) is 2. The number of nitrogens with zero attached hydrogens (tertiary/aromatic N) is 5. The molecular formula is C22H18N6O. The van der Waals surface area contributed by atoms with E-state index in [0.717, 1.165) is 44.5 Å². The molecule has 2 aliphatic heterocycles. The summed E-state index contributed by atoms with van der Waals surface area (Å²) in [6, 6.07) is 11.7. The van der Waals surface area contributed by atoms with Crippen molar-refractivity contribution in [2.45, 2.75) is 6.92 Å². The Morgan fingerprint density at radius 2 is 1.97 bits per heavy atom. The maximum atomic E-state index is 9.32. The summed E-state index contributed by atoms with van der Waals surface area (Å²) in [6.45, 7) is 2.48. The largest absolute Gasteiger partial charge is 0.364 e. The van der Waals surface area contributed by atoms with Gasteiger partial charge in [0.25, 0.3) is 0 Å². The van der Waals surface area contributed by atoms with E-state index in [1.165, 1.54) is 0 Å². The van der Waals surface area contributed by atoms with Gasteiger partial charge in [-0.15, -0.1) is 0 Å². The van der Waals surface area contributed by atoms with Crippen molar-refractivity contribution in [2.75, 3.05) is 11.9 Å². The first-order valence-electron chi connectivity index (χ1n) is 9.03. The third-order valence-electron chi connectivity index (χ3n) is 4.58. The van der Waals surface area contributed by atoms with Crippen molar-refractivity contribution in [3.05, 3.63) is 95.3 Å². The van der Waals surface area contributed by atoms with E-state index in [0.29, 0.717) is 12.1 Å². The summed E-state index contributed by atoms with van der Waals surface area (Å²) >= 11 is 0. The molecule has 7 heteroatoms. The van der Waals surface area contributed by atoms with E-state index in [1.807, 2.05) is 43.3 Å². The van der Waals surface area contributed by atoms with Crippen LogP contribution in [0.25, 0.3) is 11.1 Å². The van der Waals surface area contributed by atoms with Gasteiger partial charge in [-0.05, 0) is 66.1 Å². The lowest BCUT2D eigenvalue weighted by Gasteiger charge is -2.10. The minimum absolute atomic E-state index is 0.489. The summed E-state index contributed by atoms with van der Waals surface area (Å²) in [7, 11) is 0. The highest BCUT2D eigenvalue weighted by atomic mass is 16.5. The van der Waals surface area contributed by atoms with E-state index in [-0.39, 0.29) is 0 Å². The van der Waals surface area contributed by atoms with Crippen molar-refractivity contribution in [3.63, 3.8) is 0 Å². The van der Waals surface area contributed by atoms with Crippen molar-refractivity contribution in [1.82, 2.24) is 10.0 Å². The van der Waals surface area contributed by atoms with Crippen LogP contribution in [0.15, 0.2) is 94.4 Å². The van der Waals surface area contributed by atoms with Crippen molar-refractivity contribution < 1.29 is 5.21 Å². The Balaban J connectivity index is 1.47. The van der Waals surface area contributed by atoms with Gasteiger partial charge in [0.15, 0.2) is 0 Å². The quantitative estimate of drug-likeness (QED) is 0.800. The van der Waals surface area contributed by atoms with E-state index in [2.05, 4.69) is 26.6 Å². The number of anilines is 1. The highest BCUT2D eigenvalue weighted by Gasteiger charge is 2.11. The summed E-state index contributed by atoms with van der Waals surface area (Å²) in [5, 5.41) is 31.0. The highest BCUT2D eigenvalue weighted by Crippen LogP contribution is 2.26. The zero-order chi connectivity index (χ0) is 20.2. The number of hydrogen-bond acceptors (Lipinski definition) is 7. The minimum atomic E-state index is 0.489. The molecular weight excluding hydrogens is 364 g/mol. The standard InChI is InChI=1S/C22H18N6O/c1-15-10-16(13-23)2-3-20(15)18-4-7-24-22(11-18)25-14-19-12-21(27-26-19)17-5-8-28(29)9-6-17/h2-12,29H,14H2,1H3,(H,24,25). The fourth-order valence-electron chi connectivity index (χ4n) is 3.08. The predicted molar refractivity (Wildman–Crippen MR) is 109 cm³/mol. The van der Waals surface area contributed by atoms with Crippen LogP contribution in [0.5, 0.6) is 0 Å². The van der Waals surface area contributed by atoms with Crippen LogP contribution in [0.4, 0.5) is 5.82 Å². The van der Waals surface area contributed by atoms with Crippen molar-refractivity contribution in [2.24, 2.45) is 10.2 Å². The molecule has 7 nitrogen and oxygen atoms in total. The third-order valence-corrected chi connectivity index (χ3v) is 4.58. The van der Waals surface area contributed by atoms with E-state index in [4.69, 9.17) is 5.26 Å². The van der Waals surface area contributed by atoms with Crippen molar-refractivity contribution in [3.8, 4) is 17.2 Å². The minimum Gasteiger partial charge on any atom is -0.364 e. The van der Waals surface area contributed by atoms with Crippen LogP contribution in [0.2, 0.25) is 0 Å². The van der Waals surface area contributed by atoms with Crippen LogP contribution in [0, 0.1) is 18.3 Å².